The summed E-state index contributed by atoms with van der Waals surface area (Å²) in [6.07, 6.45) is 3.08. The Morgan fingerprint density at radius 1 is 1.21 bits per heavy atom. The number of aromatic nitrogens is 2. The molecule has 0 aliphatic carbocycles. The smallest absolute Gasteiger partial charge is 0.353 e. The summed E-state index contributed by atoms with van der Waals surface area (Å²) in [5, 5.41) is 28.0. The van der Waals surface area contributed by atoms with Crippen LogP contribution in [0.25, 0.3) is 0 Å². The molecule has 2 aliphatic heterocycles. The molecule has 3 N–H and O–H groups in total. The summed E-state index contributed by atoms with van der Waals surface area (Å²) in [6.45, 7) is 12.1. The van der Waals surface area contributed by atoms with Crippen LogP contribution in [-0.4, -0.2) is 81.3 Å². The summed E-state index contributed by atoms with van der Waals surface area (Å²) in [7, 11) is 0. The molecule has 2 fully saturated rings. The molecule has 29 heavy (non-hydrogen) atoms. The number of nitrogens with zero attached hydrogens (tertiary/aromatic N) is 5. The Labute approximate surface area is 171 Å². The van der Waals surface area contributed by atoms with Gasteiger partial charge in [-0.15, -0.1) is 0 Å². The number of nitrogens with one attached hydrogen (secondary N) is 2. The number of piperidine rings is 1. The molecule has 1 aromatic heterocycles. The third-order valence-corrected chi connectivity index (χ3v) is 5.60. The van der Waals surface area contributed by atoms with Crippen molar-refractivity contribution in [1.82, 2.24) is 20.2 Å². The van der Waals surface area contributed by atoms with Crippen molar-refractivity contribution in [3.63, 3.8) is 0 Å². The quantitative estimate of drug-likeness (QED) is 0.472. The van der Waals surface area contributed by atoms with E-state index in [0.717, 1.165) is 25.9 Å². The lowest BCUT2D eigenvalue weighted by Gasteiger charge is -2.46. The molecule has 0 saturated carbocycles. The van der Waals surface area contributed by atoms with E-state index < -0.39 is 0 Å². The van der Waals surface area contributed by atoms with Crippen molar-refractivity contribution in [2.45, 2.75) is 57.7 Å². The molecule has 2 aliphatic rings. The molecule has 0 amide bonds. The van der Waals surface area contributed by atoms with Crippen molar-refractivity contribution in [2.75, 3.05) is 49.5 Å². The van der Waals surface area contributed by atoms with Gasteiger partial charge in [-0.2, -0.15) is 0 Å². The zero-order valence-electron chi connectivity index (χ0n) is 17.8. The first kappa shape index (κ1) is 21.7. The Hall–Kier alpha value is -2.04. The second-order valence-electron chi connectivity index (χ2n) is 9.35. The molecule has 10 nitrogen and oxygen atoms in total. The number of aliphatic hydroxyl groups excluding tert-OH is 1. The minimum absolute atomic E-state index is 0.0581. The molecule has 10 heteroatoms. The van der Waals surface area contributed by atoms with E-state index in [4.69, 9.17) is 5.11 Å². The van der Waals surface area contributed by atoms with Gasteiger partial charge in [0, 0.05) is 49.8 Å². The van der Waals surface area contributed by atoms with Crippen LogP contribution in [0.15, 0.2) is 6.33 Å². The fourth-order valence-electron chi connectivity index (χ4n) is 4.82. The highest BCUT2D eigenvalue weighted by molar-refractivity contribution is 5.70. The van der Waals surface area contributed by atoms with E-state index in [-0.39, 0.29) is 40.2 Å². The molecular formula is C19H33N7O3. The summed E-state index contributed by atoms with van der Waals surface area (Å²) in [4.78, 5) is 24.1. The molecule has 1 aromatic rings. The molecule has 0 aromatic carbocycles. The van der Waals surface area contributed by atoms with E-state index in [2.05, 4.69) is 53.2 Å². The highest BCUT2D eigenvalue weighted by Gasteiger charge is 2.39. The van der Waals surface area contributed by atoms with Crippen LogP contribution in [0.3, 0.4) is 0 Å². The van der Waals surface area contributed by atoms with Crippen molar-refractivity contribution in [1.29, 1.82) is 0 Å². The lowest BCUT2D eigenvalue weighted by Crippen LogP contribution is -2.60. The number of hydrogen-bond donors (Lipinski definition) is 3. The summed E-state index contributed by atoms with van der Waals surface area (Å²) in [5.74, 6) is 0.653. The standard InChI is InChI=1S/C19H33N7O3/c1-18(2)11-14(12-19(3,4)23-18)22-16-15(26(28)29)17(21-13-20-16)25-7-5-24(6-8-25)9-10-27/h13-14,23,27H,5-12H2,1-4H3,(H,20,21,22). The number of hydrogen-bond acceptors (Lipinski definition) is 9. The van der Waals surface area contributed by atoms with Crippen LogP contribution in [0.4, 0.5) is 17.3 Å². The van der Waals surface area contributed by atoms with Gasteiger partial charge in [-0.05, 0) is 40.5 Å². The minimum Gasteiger partial charge on any atom is -0.395 e. The van der Waals surface area contributed by atoms with E-state index in [9.17, 15) is 10.1 Å². The van der Waals surface area contributed by atoms with Crippen LogP contribution >= 0.6 is 0 Å². The predicted molar refractivity (Wildman–Crippen MR) is 112 cm³/mol. The maximum atomic E-state index is 12.0. The molecule has 2 saturated heterocycles. The molecule has 0 atom stereocenters. The van der Waals surface area contributed by atoms with E-state index >= 15 is 0 Å². The monoisotopic (exact) mass is 407 g/mol. The third kappa shape index (κ3) is 5.31. The highest BCUT2D eigenvalue weighted by Crippen LogP contribution is 2.36. The van der Waals surface area contributed by atoms with Crippen molar-refractivity contribution in [2.24, 2.45) is 0 Å². The second-order valence-corrected chi connectivity index (χ2v) is 9.35. The van der Waals surface area contributed by atoms with Gasteiger partial charge >= 0.3 is 5.69 Å². The fraction of sp³-hybridized carbons (Fsp3) is 0.789. The SMILES string of the molecule is CC1(C)CC(Nc2ncnc(N3CCN(CCO)CC3)c2[N+](=O)[O-])CC(C)(C)N1. The highest BCUT2D eigenvalue weighted by atomic mass is 16.6. The maximum absolute atomic E-state index is 12.0. The van der Waals surface area contributed by atoms with Crippen molar-refractivity contribution in [3.05, 3.63) is 16.4 Å². The Morgan fingerprint density at radius 2 is 1.83 bits per heavy atom. The summed E-state index contributed by atoms with van der Waals surface area (Å²) < 4.78 is 0. The van der Waals surface area contributed by atoms with Crippen LogP contribution < -0.4 is 15.5 Å². The van der Waals surface area contributed by atoms with Crippen molar-refractivity contribution < 1.29 is 10.0 Å². The normalized spacial score (nSPS) is 22.4. The summed E-state index contributed by atoms with van der Waals surface area (Å²) in [6, 6.07) is 0.0732. The number of aliphatic hydroxyl groups is 1. The predicted octanol–water partition coefficient (Wildman–Crippen LogP) is 1.22. The number of anilines is 2. The summed E-state index contributed by atoms with van der Waals surface area (Å²) >= 11 is 0. The van der Waals surface area contributed by atoms with Gasteiger partial charge in [0.1, 0.15) is 6.33 Å². The average molecular weight is 408 g/mol. The first-order valence-electron chi connectivity index (χ1n) is 10.2. The van der Waals surface area contributed by atoms with Gasteiger partial charge in [0.15, 0.2) is 0 Å². The molecule has 0 bridgehead atoms. The van der Waals surface area contributed by atoms with Gasteiger partial charge in [0.2, 0.25) is 11.6 Å². The van der Waals surface area contributed by atoms with Crippen molar-refractivity contribution in [3.8, 4) is 0 Å². The second kappa shape index (κ2) is 8.37. The topological polar surface area (TPSA) is 120 Å². The Balaban J connectivity index is 1.82. The number of nitro groups is 1. The minimum atomic E-state index is -0.380. The number of piperazine rings is 1. The first-order chi connectivity index (χ1) is 13.6. The lowest BCUT2D eigenvalue weighted by atomic mass is 9.79. The molecule has 0 spiro atoms. The fourth-order valence-corrected chi connectivity index (χ4v) is 4.82. The number of rotatable bonds is 6. The first-order valence-corrected chi connectivity index (χ1v) is 10.2. The van der Waals surface area contributed by atoms with Gasteiger partial charge in [-0.1, -0.05) is 0 Å². The van der Waals surface area contributed by atoms with Crippen molar-refractivity contribution >= 4 is 17.3 Å². The van der Waals surface area contributed by atoms with Gasteiger partial charge in [0.05, 0.1) is 11.5 Å². The molecule has 0 radical (unpaired) electrons. The lowest BCUT2D eigenvalue weighted by molar-refractivity contribution is -0.383. The van der Waals surface area contributed by atoms with Gasteiger partial charge < -0.3 is 20.6 Å². The van der Waals surface area contributed by atoms with Gasteiger partial charge in [-0.3, -0.25) is 15.0 Å². The average Bonchev–Trinajstić information content (AvgIpc) is 2.59. The zero-order chi connectivity index (χ0) is 21.2. The Morgan fingerprint density at radius 3 is 2.38 bits per heavy atom. The van der Waals surface area contributed by atoms with E-state index in [1.54, 1.807) is 0 Å². The Bertz CT molecular complexity index is 717. The largest absolute Gasteiger partial charge is 0.395 e. The number of β-amino-alcohol motifs (C(OH)–C–C–N with tert-alkyl or cyclic N) is 1. The van der Waals surface area contributed by atoms with E-state index in [0.29, 0.717) is 25.5 Å². The van der Waals surface area contributed by atoms with E-state index in [1.165, 1.54) is 6.33 Å². The van der Waals surface area contributed by atoms with Crippen LogP contribution in [-0.2, 0) is 0 Å². The van der Waals surface area contributed by atoms with Crippen LogP contribution in [0, 0.1) is 10.1 Å². The molecule has 3 rings (SSSR count). The van der Waals surface area contributed by atoms with Gasteiger partial charge in [0.25, 0.3) is 0 Å². The Kier molecular flexibility index (Phi) is 6.25. The van der Waals surface area contributed by atoms with E-state index in [1.807, 2.05) is 4.90 Å². The molecule has 3 heterocycles. The molecule has 162 valence electrons. The maximum Gasteiger partial charge on any atom is 0.353 e. The van der Waals surface area contributed by atoms with Crippen LogP contribution in [0.2, 0.25) is 0 Å². The third-order valence-electron chi connectivity index (χ3n) is 5.60. The summed E-state index contributed by atoms with van der Waals surface area (Å²) in [5.41, 5.74) is -0.211. The van der Waals surface area contributed by atoms with Crippen LogP contribution in [0.1, 0.15) is 40.5 Å². The van der Waals surface area contributed by atoms with Crippen LogP contribution in [0.5, 0.6) is 0 Å². The molecular weight excluding hydrogens is 374 g/mol. The van der Waals surface area contributed by atoms with Gasteiger partial charge in [-0.25, -0.2) is 9.97 Å². The molecule has 0 unspecified atom stereocenters. The zero-order valence-corrected chi connectivity index (χ0v) is 17.8.